The molecule has 0 amide bonds. The average Bonchev–Trinajstić information content (AvgIpc) is 2.84. The van der Waals surface area contributed by atoms with E-state index in [1.54, 1.807) is 14.2 Å². The number of ether oxygens (including phenoxy) is 2. The van der Waals surface area contributed by atoms with Crippen LogP contribution in [0.15, 0.2) is 22.7 Å². The van der Waals surface area contributed by atoms with Gasteiger partial charge >= 0.3 is 0 Å². The summed E-state index contributed by atoms with van der Waals surface area (Å²) in [5, 5.41) is 3.16. The maximum Gasteiger partial charge on any atom is 0.102 e. The van der Waals surface area contributed by atoms with Gasteiger partial charge in [0.05, 0.1) is 0 Å². The average molecular weight is 329 g/mol. The molecule has 106 valence electrons. The second-order valence-corrected chi connectivity index (χ2v) is 5.61. The third-order valence-electron chi connectivity index (χ3n) is 3.59. The first-order valence-electron chi connectivity index (χ1n) is 6.43. The number of methoxy groups -OCH3 is 2. The van der Waals surface area contributed by atoms with Gasteiger partial charge in [0, 0.05) is 44.0 Å². The zero-order valence-corrected chi connectivity index (χ0v) is 13.2. The Hall–Kier alpha value is -0.620. The monoisotopic (exact) mass is 328 g/mol. The van der Waals surface area contributed by atoms with E-state index in [4.69, 9.17) is 9.47 Å². The van der Waals surface area contributed by atoms with E-state index in [9.17, 15) is 0 Å². The Labute approximate surface area is 123 Å². The predicted molar refractivity (Wildman–Crippen MR) is 80.7 cm³/mol. The summed E-state index contributed by atoms with van der Waals surface area (Å²) in [6.45, 7) is 2.60. The highest BCUT2D eigenvalue weighted by Gasteiger charge is 2.33. The summed E-state index contributed by atoms with van der Waals surface area (Å²) in [5.41, 5.74) is 2.46. The highest BCUT2D eigenvalue weighted by molar-refractivity contribution is 9.10. The fraction of sp³-hybridized carbons (Fsp3) is 0.571. The molecule has 1 N–H and O–H groups in total. The van der Waals surface area contributed by atoms with Crippen LogP contribution in [0.2, 0.25) is 0 Å². The fourth-order valence-electron chi connectivity index (χ4n) is 2.47. The molecule has 1 aliphatic rings. The van der Waals surface area contributed by atoms with Crippen LogP contribution >= 0.6 is 15.9 Å². The van der Waals surface area contributed by atoms with E-state index in [1.807, 2.05) is 7.05 Å². The van der Waals surface area contributed by atoms with Crippen LogP contribution in [0.5, 0.6) is 0 Å². The number of anilines is 1. The van der Waals surface area contributed by atoms with Crippen molar-refractivity contribution in [3.63, 3.8) is 0 Å². The molecule has 0 radical (unpaired) electrons. The lowest BCUT2D eigenvalue weighted by Gasteiger charge is -2.19. The summed E-state index contributed by atoms with van der Waals surface area (Å²) >= 11 is 3.63. The molecule has 0 spiro atoms. The van der Waals surface area contributed by atoms with Crippen LogP contribution in [0, 0.1) is 0 Å². The van der Waals surface area contributed by atoms with Crippen molar-refractivity contribution in [3.05, 3.63) is 28.2 Å². The molecule has 0 bridgehead atoms. The van der Waals surface area contributed by atoms with Crippen molar-refractivity contribution in [3.8, 4) is 0 Å². The van der Waals surface area contributed by atoms with Gasteiger partial charge in [0.2, 0.25) is 0 Å². The Kier molecular flexibility index (Phi) is 5.21. The first kappa shape index (κ1) is 14.8. The maximum atomic E-state index is 5.47. The predicted octanol–water partition coefficient (Wildman–Crippen LogP) is 2.02. The minimum atomic E-state index is 0.140. The molecular weight excluding hydrogens is 308 g/mol. The molecule has 1 aromatic rings. The van der Waals surface area contributed by atoms with E-state index in [1.165, 1.54) is 11.3 Å². The van der Waals surface area contributed by atoms with Crippen LogP contribution in [0.4, 0.5) is 5.69 Å². The van der Waals surface area contributed by atoms with Crippen LogP contribution in [-0.4, -0.2) is 46.6 Å². The molecule has 1 saturated heterocycles. The largest absolute Gasteiger partial charge is 0.377 e. The summed E-state index contributed by atoms with van der Waals surface area (Å²) in [4.78, 5) is 2.30. The van der Waals surface area contributed by atoms with Gasteiger partial charge in [-0.1, -0.05) is 22.0 Å². The lowest BCUT2D eigenvalue weighted by molar-refractivity contribution is -0.00461. The van der Waals surface area contributed by atoms with Gasteiger partial charge in [0.25, 0.3) is 0 Å². The maximum absolute atomic E-state index is 5.47. The van der Waals surface area contributed by atoms with Crippen molar-refractivity contribution in [2.24, 2.45) is 0 Å². The summed E-state index contributed by atoms with van der Waals surface area (Å²) in [5.74, 6) is 0. The molecule has 0 saturated carbocycles. The van der Waals surface area contributed by atoms with Crippen LogP contribution in [-0.2, 0) is 16.0 Å². The van der Waals surface area contributed by atoms with E-state index in [0.717, 1.165) is 24.1 Å². The van der Waals surface area contributed by atoms with E-state index in [2.05, 4.69) is 44.3 Å². The van der Waals surface area contributed by atoms with Crippen molar-refractivity contribution in [2.75, 3.05) is 39.3 Å². The number of rotatable bonds is 5. The normalized spacial score (nSPS) is 23.1. The van der Waals surface area contributed by atoms with E-state index in [-0.39, 0.29) is 12.2 Å². The molecule has 2 rings (SSSR count). The van der Waals surface area contributed by atoms with E-state index in [0.29, 0.717) is 0 Å². The first-order chi connectivity index (χ1) is 9.19. The molecular formula is C14H21BrN2O2. The second kappa shape index (κ2) is 6.70. The van der Waals surface area contributed by atoms with Crippen molar-refractivity contribution < 1.29 is 9.47 Å². The second-order valence-electron chi connectivity index (χ2n) is 4.76. The van der Waals surface area contributed by atoms with Gasteiger partial charge in [-0.05, 0) is 24.7 Å². The Bertz CT molecular complexity index is 416. The Morgan fingerprint density at radius 1 is 1.26 bits per heavy atom. The molecule has 0 aromatic heterocycles. The zero-order chi connectivity index (χ0) is 13.8. The summed E-state index contributed by atoms with van der Waals surface area (Å²) in [6.07, 6.45) is 0.279. The summed E-state index contributed by atoms with van der Waals surface area (Å²) in [6, 6.07) is 6.47. The van der Waals surface area contributed by atoms with Crippen LogP contribution in [0.25, 0.3) is 0 Å². The third-order valence-corrected chi connectivity index (χ3v) is 4.33. The quantitative estimate of drug-likeness (QED) is 0.896. The molecule has 2 atom stereocenters. The SMILES string of the molecule is CNCc1ccc(N2CC(OC)C(OC)C2)cc1Br. The fourth-order valence-corrected chi connectivity index (χ4v) is 2.98. The number of halogens is 1. The number of hydrogen-bond donors (Lipinski definition) is 1. The van der Waals surface area contributed by atoms with Gasteiger partial charge in [-0.25, -0.2) is 0 Å². The van der Waals surface area contributed by atoms with Gasteiger partial charge < -0.3 is 19.7 Å². The minimum Gasteiger partial charge on any atom is -0.377 e. The van der Waals surface area contributed by atoms with E-state index < -0.39 is 0 Å². The van der Waals surface area contributed by atoms with Crippen molar-refractivity contribution in [2.45, 2.75) is 18.8 Å². The van der Waals surface area contributed by atoms with Gasteiger partial charge in [-0.15, -0.1) is 0 Å². The third kappa shape index (κ3) is 3.28. The topological polar surface area (TPSA) is 33.7 Å². The first-order valence-corrected chi connectivity index (χ1v) is 7.22. The van der Waals surface area contributed by atoms with E-state index >= 15 is 0 Å². The van der Waals surface area contributed by atoms with Crippen LogP contribution in [0.3, 0.4) is 0 Å². The van der Waals surface area contributed by atoms with Crippen LogP contribution in [0.1, 0.15) is 5.56 Å². The Morgan fingerprint density at radius 2 is 1.89 bits per heavy atom. The van der Waals surface area contributed by atoms with Gasteiger partial charge in [-0.3, -0.25) is 0 Å². The van der Waals surface area contributed by atoms with Gasteiger partial charge in [-0.2, -0.15) is 0 Å². The molecule has 19 heavy (non-hydrogen) atoms. The standard InChI is InChI=1S/C14H21BrN2O2/c1-16-7-10-4-5-11(6-12(10)15)17-8-13(18-2)14(9-17)19-3/h4-6,13-14,16H,7-9H2,1-3H3. The molecule has 5 heteroatoms. The summed E-state index contributed by atoms with van der Waals surface area (Å²) in [7, 11) is 5.44. The number of nitrogens with zero attached hydrogens (tertiary/aromatic N) is 1. The number of nitrogens with one attached hydrogen (secondary N) is 1. The van der Waals surface area contributed by atoms with Gasteiger partial charge in [0.1, 0.15) is 12.2 Å². The molecule has 4 nitrogen and oxygen atoms in total. The molecule has 1 fully saturated rings. The highest BCUT2D eigenvalue weighted by atomic mass is 79.9. The van der Waals surface area contributed by atoms with Crippen molar-refractivity contribution in [1.29, 1.82) is 0 Å². The molecule has 1 heterocycles. The number of benzene rings is 1. The minimum absolute atomic E-state index is 0.140. The number of hydrogen-bond acceptors (Lipinski definition) is 4. The molecule has 1 aliphatic heterocycles. The van der Waals surface area contributed by atoms with Crippen molar-refractivity contribution >= 4 is 21.6 Å². The highest BCUT2D eigenvalue weighted by Crippen LogP contribution is 2.28. The summed E-state index contributed by atoms with van der Waals surface area (Å²) < 4.78 is 12.1. The lowest BCUT2D eigenvalue weighted by Crippen LogP contribution is -2.27. The Morgan fingerprint density at radius 3 is 2.37 bits per heavy atom. The van der Waals surface area contributed by atoms with Crippen molar-refractivity contribution in [1.82, 2.24) is 5.32 Å². The molecule has 0 aliphatic carbocycles. The van der Waals surface area contributed by atoms with Crippen LogP contribution < -0.4 is 10.2 Å². The molecule has 2 unspecified atom stereocenters. The smallest absolute Gasteiger partial charge is 0.102 e. The van der Waals surface area contributed by atoms with Gasteiger partial charge in [0.15, 0.2) is 0 Å². The Balaban J connectivity index is 2.13. The lowest BCUT2D eigenvalue weighted by atomic mass is 10.2. The zero-order valence-electron chi connectivity index (χ0n) is 11.6. The molecule has 1 aromatic carbocycles.